The Labute approximate surface area is 126 Å². The van der Waals surface area contributed by atoms with Crippen LogP contribution < -0.4 is 5.32 Å². The number of amides is 1. The zero-order chi connectivity index (χ0) is 15.2. The van der Waals surface area contributed by atoms with Gasteiger partial charge >= 0.3 is 5.97 Å². The van der Waals surface area contributed by atoms with Crippen molar-refractivity contribution in [3.63, 3.8) is 0 Å². The third kappa shape index (κ3) is 3.72. The lowest BCUT2D eigenvalue weighted by Gasteiger charge is -2.14. The first-order valence-corrected chi connectivity index (χ1v) is 7.89. The number of carboxylic acid groups (broad SMARTS) is 1. The number of para-hydroxylation sites is 1. The molecule has 21 heavy (non-hydrogen) atoms. The van der Waals surface area contributed by atoms with Crippen molar-refractivity contribution in [1.29, 1.82) is 0 Å². The van der Waals surface area contributed by atoms with Gasteiger partial charge in [0.1, 0.15) is 6.04 Å². The van der Waals surface area contributed by atoms with Crippen molar-refractivity contribution < 1.29 is 14.7 Å². The number of thioether (sulfide) groups is 1. The molecule has 2 aromatic rings. The summed E-state index contributed by atoms with van der Waals surface area (Å²) in [7, 11) is 0. The standard InChI is InChI=1S/C15H16N2O3S/c1-21-9-7-12(15(19)20)17-14(18)11-6-2-4-10-5-3-8-16-13(10)11/h2-6,8,12H,7,9H2,1H3,(H,17,18)(H,19,20). The van der Waals surface area contributed by atoms with Gasteiger partial charge in [0, 0.05) is 11.6 Å². The van der Waals surface area contributed by atoms with Gasteiger partial charge in [0.05, 0.1) is 11.1 Å². The number of carboxylic acids is 1. The SMILES string of the molecule is CSCCC(NC(=O)c1cccc2cccnc12)C(=O)O. The number of carbonyl (C=O) groups excluding carboxylic acids is 1. The number of carbonyl (C=O) groups is 2. The van der Waals surface area contributed by atoms with E-state index < -0.39 is 17.9 Å². The van der Waals surface area contributed by atoms with Gasteiger partial charge in [0.2, 0.25) is 0 Å². The minimum Gasteiger partial charge on any atom is -0.480 e. The molecule has 1 aromatic carbocycles. The van der Waals surface area contributed by atoms with Crippen molar-refractivity contribution in [2.45, 2.75) is 12.5 Å². The van der Waals surface area contributed by atoms with E-state index in [0.29, 0.717) is 23.3 Å². The fraction of sp³-hybridized carbons (Fsp3) is 0.267. The van der Waals surface area contributed by atoms with Gasteiger partial charge in [-0.3, -0.25) is 9.78 Å². The molecular formula is C15H16N2O3S. The minimum atomic E-state index is -1.02. The monoisotopic (exact) mass is 304 g/mol. The molecule has 2 N–H and O–H groups in total. The molecular weight excluding hydrogens is 288 g/mol. The molecule has 0 saturated carbocycles. The molecule has 0 bridgehead atoms. The van der Waals surface area contributed by atoms with Crippen LogP contribution in [0.2, 0.25) is 0 Å². The molecule has 5 nitrogen and oxygen atoms in total. The van der Waals surface area contributed by atoms with E-state index in [0.717, 1.165) is 5.39 Å². The second kappa shape index (κ2) is 7.08. The molecule has 1 amide bonds. The summed E-state index contributed by atoms with van der Waals surface area (Å²) in [6.45, 7) is 0. The van der Waals surface area contributed by atoms with E-state index >= 15 is 0 Å². The molecule has 1 aromatic heterocycles. The molecule has 1 unspecified atom stereocenters. The number of benzene rings is 1. The highest BCUT2D eigenvalue weighted by Crippen LogP contribution is 2.16. The summed E-state index contributed by atoms with van der Waals surface area (Å²) in [6, 6.07) is 8.05. The zero-order valence-corrected chi connectivity index (χ0v) is 12.4. The first-order chi connectivity index (χ1) is 10.1. The van der Waals surface area contributed by atoms with Crippen molar-refractivity contribution >= 4 is 34.5 Å². The fourth-order valence-corrected chi connectivity index (χ4v) is 2.49. The summed E-state index contributed by atoms with van der Waals surface area (Å²) in [5, 5.41) is 12.6. The van der Waals surface area contributed by atoms with E-state index in [4.69, 9.17) is 5.11 Å². The smallest absolute Gasteiger partial charge is 0.326 e. The lowest BCUT2D eigenvalue weighted by Crippen LogP contribution is -2.41. The Bertz CT molecular complexity index is 655. The second-order valence-electron chi connectivity index (χ2n) is 4.53. The number of aromatic nitrogens is 1. The van der Waals surface area contributed by atoms with Gasteiger partial charge < -0.3 is 10.4 Å². The minimum absolute atomic E-state index is 0.389. The summed E-state index contributed by atoms with van der Waals surface area (Å²) >= 11 is 1.55. The second-order valence-corrected chi connectivity index (χ2v) is 5.51. The van der Waals surface area contributed by atoms with Gasteiger partial charge in [0.15, 0.2) is 0 Å². The van der Waals surface area contributed by atoms with Crippen LogP contribution in [0.25, 0.3) is 10.9 Å². The van der Waals surface area contributed by atoms with Crippen LogP contribution >= 0.6 is 11.8 Å². The van der Waals surface area contributed by atoms with E-state index in [1.165, 1.54) is 0 Å². The first kappa shape index (κ1) is 15.3. The fourth-order valence-electron chi connectivity index (χ4n) is 2.02. The maximum Gasteiger partial charge on any atom is 0.326 e. The van der Waals surface area contributed by atoms with Gasteiger partial charge in [-0.2, -0.15) is 11.8 Å². The van der Waals surface area contributed by atoms with Crippen molar-refractivity contribution in [2.24, 2.45) is 0 Å². The van der Waals surface area contributed by atoms with Crippen LogP contribution in [0.1, 0.15) is 16.8 Å². The average molecular weight is 304 g/mol. The number of nitrogens with zero attached hydrogens (tertiary/aromatic N) is 1. The Morgan fingerprint density at radius 2 is 2.10 bits per heavy atom. The lowest BCUT2D eigenvalue weighted by atomic mass is 10.1. The lowest BCUT2D eigenvalue weighted by molar-refractivity contribution is -0.139. The van der Waals surface area contributed by atoms with E-state index in [1.807, 2.05) is 18.4 Å². The molecule has 0 saturated heterocycles. The van der Waals surface area contributed by atoms with Crippen molar-refractivity contribution in [3.05, 3.63) is 42.1 Å². The Balaban J connectivity index is 2.23. The molecule has 1 heterocycles. The topological polar surface area (TPSA) is 79.3 Å². The van der Waals surface area contributed by atoms with Gasteiger partial charge in [-0.25, -0.2) is 4.79 Å². The first-order valence-electron chi connectivity index (χ1n) is 6.50. The quantitative estimate of drug-likeness (QED) is 0.855. The van der Waals surface area contributed by atoms with E-state index in [9.17, 15) is 9.59 Å². The summed E-state index contributed by atoms with van der Waals surface area (Å²) in [5.41, 5.74) is 0.968. The Kier molecular flexibility index (Phi) is 5.16. The molecule has 0 spiro atoms. The normalized spacial score (nSPS) is 12.0. The van der Waals surface area contributed by atoms with Crippen LogP contribution in [0, 0.1) is 0 Å². The van der Waals surface area contributed by atoms with Gasteiger partial charge in [-0.05, 0) is 30.6 Å². The van der Waals surface area contributed by atoms with E-state index in [-0.39, 0.29) is 0 Å². The van der Waals surface area contributed by atoms with Crippen molar-refractivity contribution in [3.8, 4) is 0 Å². The molecule has 0 fully saturated rings. The molecule has 0 aliphatic carbocycles. The van der Waals surface area contributed by atoms with Crippen LogP contribution in [0.4, 0.5) is 0 Å². The van der Waals surface area contributed by atoms with Crippen LogP contribution in [0.15, 0.2) is 36.5 Å². The predicted molar refractivity (Wildman–Crippen MR) is 83.6 cm³/mol. The summed E-state index contributed by atoms with van der Waals surface area (Å²) in [5.74, 6) is -0.760. The maximum atomic E-state index is 12.3. The Hall–Kier alpha value is -2.08. The molecule has 0 aliphatic heterocycles. The van der Waals surface area contributed by atoms with Crippen molar-refractivity contribution in [2.75, 3.05) is 12.0 Å². The maximum absolute atomic E-state index is 12.3. The van der Waals surface area contributed by atoms with E-state index in [1.54, 1.807) is 36.2 Å². The van der Waals surface area contributed by atoms with Crippen LogP contribution in [-0.2, 0) is 4.79 Å². The molecule has 6 heteroatoms. The summed E-state index contributed by atoms with van der Waals surface area (Å²) in [4.78, 5) is 27.7. The highest BCUT2D eigenvalue weighted by atomic mass is 32.2. The number of hydrogen-bond acceptors (Lipinski definition) is 4. The number of pyridine rings is 1. The number of rotatable bonds is 6. The Morgan fingerprint density at radius 1 is 1.33 bits per heavy atom. The zero-order valence-electron chi connectivity index (χ0n) is 11.6. The number of fused-ring (bicyclic) bond motifs is 1. The molecule has 1 atom stereocenters. The third-order valence-electron chi connectivity index (χ3n) is 3.09. The highest BCUT2D eigenvalue weighted by molar-refractivity contribution is 7.98. The summed E-state index contributed by atoms with van der Waals surface area (Å²) in [6.07, 6.45) is 3.90. The number of aliphatic carboxylic acids is 1. The largest absolute Gasteiger partial charge is 0.480 e. The molecule has 0 radical (unpaired) electrons. The van der Waals surface area contributed by atoms with Gasteiger partial charge in [-0.1, -0.05) is 18.2 Å². The van der Waals surface area contributed by atoms with Crippen LogP contribution in [0.5, 0.6) is 0 Å². The number of nitrogens with one attached hydrogen (secondary N) is 1. The summed E-state index contributed by atoms with van der Waals surface area (Å²) < 4.78 is 0. The van der Waals surface area contributed by atoms with Crippen LogP contribution in [0.3, 0.4) is 0 Å². The molecule has 110 valence electrons. The Morgan fingerprint density at radius 3 is 2.81 bits per heavy atom. The third-order valence-corrected chi connectivity index (χ3v) is 3.74. The molecule has 0 aliphatic rings. The highest BCUT2D eigenvalue weighted by Gasteiger charge is 2.21. The van der Waals surface area contributed by atoms with E-state index in [2.05, 4.69) is 10.3 Å². The van der Waals surface area contributed by atoms with Gasteiger partial charge in [-0.15, -0.1) is 0 Å². The predicted octanol–water partition coefficient (Wildman–Crippen LogP) is 2.17. The number of hydrogen-bond donors (Lipinski definition) is 2. The van der Waals surface area contributed by atoms with Gasteiger partial charge in [0.25, 0.3) is 5.91 Å². The average Bonchev–Trinajstić information content (AvgIpc) is 2.50. The van der Waals surface area contributed by atoms with Crippen molar-refractivity contribution in [1.82, 2.24) is 10.3 Å². The van der Waals surface area contributed by atoms with Crippen LogP contribution in [-0.4, -0.2) is 40.0 Å². The molecule has 2 rings (SSSR count).